The molecule has 0 N–H and O–H groups in total. The van der Waals surface area contributed by atoms with E-state index in [4.69, 9.17) is 5.26 Å². The maximum Gasteiger partial charge on any atom is 0.222 e. The smallest absolute Gasteiger partial charge is 0.222 e. The van der Waals surface area contributed by atoms with E-state index in [2.05, 4.69) is 6.07 Å². The number of hydrogen-bond donors (Lipinski definition) is 0. The van der Waals surface area contributed by atoms with Gasteiger partial charge in [-0.2, -0.15) is 5.26 Å². The molecule has 3 heteroatoms. The van der Waals surface area contributed by atoms with E-state index in [0.29, 0.717) is 18.4 Å². The van der Waals surface area contributed by atoms with E-state index in [1.54, 1.807) is 4.90 Å². The molecule has 0 aromatic carbocycles. The fourth-order valence-electron chi connectivity index (χ4n) is 5.30. The third kappa shape index (κ3) is 2.50. The van der Waals surface area contributed by atoms with Crippen molar-refractivity contribution < 1.29 is 4.79 Å². The van der Waals surface area contributed by atoms with Gasteiger partial charge in [0.2, 0.25) is 5.91 Å². The lowest BCUT2D eigenvalue weighted by molar-refractivity contribution is -0.138. The average Bonchev–Trinajstić information content (AvgIpc) is 2.33. The largest absolute Gasteiger partial charge is 0.345 e. The van der Waals surface area contributed by atoms with E-state index in [1.165, 1.54) is 38.5 Å². The van der Waals surface area contributed by atoms with E-state index in [-0.39, 0.29) is 5.91 Å². The first-order chi connectivity index (χ1) is 9.10. The first kappa shape index (κ1) is 13.0. The van der Waals surface area contributed by atoms with Crippen molar-refractivity contribution in [2.45, 2.75) is 51.4 Å². The Kier molecular flexibility index (Phi) is 3.28. The van der Waals surface area contributed by atoms with Crippen molar-refractivity contribution in [1.29, 1.82) is 5.26 Å². The lowest BCUT2D eigenvalue weighted by Crippen LogP contribution is -2.48. The van der Waals surface area contributed by atoms with Crippen LogP contribution in [-0.2, 0) is 4.79 Å². The van der Waals surface area contributed by atoms with Crippen LogP contribution in [-0.4, -0.2) is 24.4 Å². The standard InChI is InChI=1S/C16H24N2O/c1-18(4-2-3-17)15(19)11-16-8-12-5-13(9-16)7-14(6-12)10-16/h12-14H,2,4-11H2,1H3. The maximum atomic E-state index is 12.3. The van der Waals surface area contributed by atoms with Crippen LogP contribution in [0, 0.1) is 34.5 Å². The second-order valence-corrected chi connectivity index (χ2v) is 7.32. The van der Waals surface area contributed by atoms with Crippen molar-refractivity contribution in [1.82, 2.24) is 4.90 Å². The summed E-state index contributed by atoms with van der Waals surface area (Å²) in [6, 6.07) is 2.12. The van der Waals surface area contributed by atoms with Crippen LogP contribution in [0.1, 0.15) is 51.4 Å². The fourth-order valence-corrected chi connectivity index (χ4v) is 5.30. The number of hydrogen-bond acceptors (Lipinski definition) is 2. The van der Waals surface area contributed by atoms with Gasteiger partial charge in [-0.15, -0.1) is 0 Å². The van der Waals surface area contributed by atoms with Crippen LogP contribution in [0.2, 0.25) is 0 Å². The van der Waals surface area contributed by atoms with Crippen molar-refractivity contribution in [3.05, 3.63) is 0 Å². The van der Waals surface area contributed by atoms with Gasteiger partial charge in [-0.1, -0.05) is 0 Å². The van der Waals surface area contributed by atoms with Crippen LogP contribution >= 0.6 is 0 Å². The van der Waals surface area contributed by atoms with E-state index in [9.17, 15) is 4.79 Å². The number of amides is 1. The number of rotatable bonds is 4. The van der Waals surface area contributed by atoms with Crippen molar-refractivity contribution in [2.24, 2.45) is 23.2 Å². The summed E-state index contributed by atoms with van der Waals surface area (Å²) >= 11 is 0. The Bertz CT molecular complexity index is 374. The van der Waals surface area contributed by atoms with Gasteiger partial charge in [0.05, 0.1) is 12.5 Å². The minimum absolute atomic E-state index is 0.261. The number of carbonyl (C=O) groups excluding carboxylic acids is 1. The highest BCUT2D eigenvalue weighted by Gasteiger charge is 2.51. The Morgan fingerprint density at radius 3 is 2.21 bits per heavy atom. The van der Waals surface area contributed by atoms with Gasteiger partial charge in [-0.05, 0) is 61.7 Å². The molecule has 0 radical (unpaired) electrons. The van der Waals surface area contributed by atoms with Gasteiger partial charge in [0, 0.05) is 20.0 Å². The van der Waals surface area contributed by atoms with E-state index < -0.39 is 0 Å². The molecule has 4 fully saturated rings. The van der Waals surface area contributed by atoms with Crippen LogP contribution in [0.25, 0.3) is 0 Å². The highest BCUT2D eigenvalue weighted by molar-refractivity contribution is 5.76. The van der Waals surface area contributed by atoms with Crippen molar-refractivity contribution in [2.75, 3.05) is 13.6 Å². The van der Waals surface area contributed by atoms with Crippen LogP contribution < -0.4 is 0 Å². The Labute approximate surface area is 116 Å². The number of nitriles is 1. The zero-order valence-corrected chi connectivity index (χ0v) is 11.9. The van der Waals surface area contributed by atoms with Crippen LogP contribution in [0.3, 0.4) is 0 Å². The summed E-state index contributed by atoms with van der Waals surface area (Å²) in [6.45, 7) is 0.585. The second kappa shape index (κ2) is 4.81. The molecule has 0 unspecified atom stereocenters. The summed E-state index contributed by atoms with van der Waals surface area (Å²) in [5, 5.41) is 8.61. The van der Waals surface area contributed by atoms with E-state index in [1.807, 2.05) is 7.05 Å². The SMILES string of the molecule is CN(CCC#N)C(=O)CC12CC3CC(CC(C3)C1)C2. The minimum atomic E-state index is 0.261. The molecule has 0 aromatic rings. The Morgan fingerprint density at radius 1 is 1.21 bits per heavy atom. The van der Waals surface area contributed by atoms with Gasteiger partial charge in [0.1, 0.15) is 0 Å². The van der Waals surface area contributed by atoms with Gasteiger partial charge in [-0.25, -0.2) is 0 Å². The molecule has 4 saturated carbocycles. The molecule has 104 valence electrons. The van der Waals surface area contributed by atoms with Gasteiger partial charge in [0.15, 0.2) is 0 Å². The normalized spacial score (nSPS) is 39.1. The van der Waals surface area contributed by atoms with E-state index in [0.717, 1.165) is 24.2 Å². The highest BCUT2D eigenvalue weighted by atomic mass is 16.2. The Morgan fingerprint density at radius 2 is 1.74 bits per heavy atom. The predicted molar refractivity (Wildman–Crippen MR) is 73.1 cm³/mol. The third-order valence-electron chi connectivity index (χ3n) is 5.68. The first-order valence-corrected chi connectivity index (χ1v) is 7.71. The summed E-state index contributed by atoms with van der Waals surface area (Å²) in [5.74, 6) is 2.98. The zero-order chi connectivity index (χ0) is 13.5. The molecule has 0 saturated heterocycles. The summed E-state index contributed by atoms with van der Waals surface area (Å²) in [7, 11) is 1.85. The summed E-state index contributed by atoms with van der Waals surface area (Å²) in [5.41, 5.74) is 0.326. The van der Waals surface area contributed by atoms with Crippen LogP contribution in [0.5, 0.6) is 0 Å². The molecule has 0 aliphatic heterocycles. The fraction of sp³-hybridized carbons (Fsp3) is 0.875. The molecular formula is C16H24N2O. The van der Waals surface area contributed by atoms with Gasteiger partial charge in [-0.3, -0.25) is 4.79 Å². The third-order valence-corrected chi connectivity index (χ3v) is 5.68. The van der Waals surface area contributed by atoms with Crippen LogP contribution in [0.4, 0.5) is 0 Å². The van der Waals surface area contributed by atoms with Gasteiger partial charge in [0.25, 0.3) is 0 Å². The van der Waals surface area contributed by atoms with Crippen molar-refractivity contribution in [3.63, 3.8) is 0 Å². The lowest BCUT2D eigenvalue weighted by Gasteiger charge is -2.56. The first-order valence-electron chi connectivity index (χ1n) is 7.71. The molecule has 0 heterocycles. The monoisotopic (exact) mass is 260 g/mol. The summed E-state index contributed by atoms with van der Waals surface area (Å²) < 4.78 is 0. The molecule has 4 bridgehead atoms. The molecule has 19 heavy (non-hydrogen) atoms. The molecule has 0 aromatic heterocycles. The molecule has 3 nitrogen and oxygen atoms in total. The van der Waals surface area contributed by atoms with Gasteiger partial charge >= 0.3 is 0 Å². The molecule has 0 atom stereocenters. The summed E-state index contributed by atoms with van der Waals surface area (Å²) in [6.07, 6.45) is 9.33. The predicted octanol–water partition coefficient (Wildman–Crippen LogP) is 2.96. The lowest BCUT2D eigenvalue weighted by atomic mass is 9.49. The minimum Gasteiger partial charge on any atom is -0.345 e. The number of nitrogens with zero attached hydrogens (tertiary/aromatic N) is 2. The zero-order valence-electron chi connectivity index (χ0n) is 11.9. The number of carbonyl (C=O) groups is 1. The second-order valence-electron chi connectivity index (χ2n) is 7.32. The average molecular weight is 260 g/mol. The van der Waals surface area contributed by atoms with Crippen molar-refractivity contribution >= 4 is 5.91 Å². The summed E-state index contributed by atoms with van der Waals surface area (Å²) in [4.78, 5) is 14.1. The Balaban J connectivity index is 1.63. The molecule has 4 aliphatic rings. The Hall–Kier alpha value is -1.04. The van der Waals surface area contributed by atoms with Gasteiger partial charge < -0.3 is 4.90 Å². The molecule has 4 rings (SSSR count). The molecule has 4 aliphatic carbocycles. The molecular weight excluding hydrogens is 236 g/mol. The quantitative estimate of drug-likeness (QED) is 0.780. The maximum absolute atomic E-state index is 12.3. The molecule has 0 spiro atoms. The highest BCUT2D eigenvalue weighted by Crippen LogP contribution is 2.61. The van der Waals surface area contributed by atoms with Crippen molar-refractivity contribution in [3.8, 4) is 6.07 Å². The molecule has 1 amide bonds. The topological polar surface area (TPSA) is 44.1 Å². The van der Waals surface area contributed by atoms with E-state index >= 15 is 0 Å². The van der Waals surface area contributed by atoms with Crippen LogP contribution in [0.15, 0.2) is 0 Å².